The quantitative estimate of drug-likeness (QED) is 0.586. The standard InChI is InChI=1S/C24H26ClF3N4O4S/c25-20-13-19(6-7-21(20)28)37(35,36)32-9-1-8-31(24(34)14-10-15(26)12-16(27)11-14)23(32)22(33)30-18-4-2-17(29)3-5-18/h6-7,10-13,17-18,23H,1-5,8-9,29H2,(H,30,33). The maximum Gasteiger partial charge on any atom is 0.259 e. The van der Waals surface area contributed by atoms with Gasteiger partial charge in [0.1, 0.15) is 17.5 Å². The van der Waals surface area contributed by atoms with E-state index in [1.54, 1.807) is 0 Å². The zero-order valence-electron chi connectivity index (χ0n) is 19.7. The Morgan fingerprint density at radius 3 is 2.24 bits per heavy atom. The van der Waals surface area contributed by atoms with Crippen LogP contribution in [0.15, 0.2) is 41.3 Å². The maximum absolute atomic E-state index is 13.9. The average Bonchev–Trinajstić information content (AvgIpc) is 2.85. The van der Waals surface area contributed by atoms with Crippen molar-refractivity contribution in [3.8, 4) is 0 Å². The van der Waals surface area contributed by atoms with Gasteiger partial charge in [0, 0.05) is 36.8 Å². The number of carbonyl (C=O) groups excluding carboxylic acids is 2. The van der Waals surface area contributed by atoms with Gasteiger partial charge in [-0.25, -0.2) is 21.6 Å². The Kier molecular flexibility index (Phi) is 8.12. The normalized spacial score (nSPS) is 23.1. The summed E-state index contributed by atoms with van der Waals surface area (Å²) in [5.41, 5.74) is 5.56. The summed E-state index contributed by atoms with van der Waals surface area (Å²) in [5.74, 6) is -4.49. The summed E-state index contributed by atoms with van der Waals surface area (Å²) >= 11 is 5.80. The smallest absolute Gasteiger partial charge is 0.259 e. The van der Waals surface area contributed by atoms with Crippen LogP contribution in [0.25, 0.3) is 0 Å². The maximum atomic E-state index is 13.9. The van der Waals surface area contributed by atoms with Crippen LogP contribution in [-0.2, 0) is 14.8 Å². The summed E-state index contributed by atoms with van der Waals surface area (Å²) < 4.78 is 69.5. The minimum absolute atomic E-state index is 0.00360. The van der Waals surface area contributed by atoms with Crippen molar-refractivity contribution in [3.63, 3.8) is 0 Å². The van der Waals surface area contributed by atoms with Crippen molar-refractivity contribution >= 4 is 33.4 Å². The largest absolute Gasteiger partial charge is 0.350 e. The third-order valence-electron chi connectivity index (χ3n) is 6.57. The Morgan fingerprint density at radius 1 is 0.973 bits per heavy atom. The van der Waals surface area contributed by atoms with Gasteiger partial charge in [-0.15, -0.1) is 0 Å². The van der Waals surface area contributed by atoms with Crippen LogP contribution in [-0.4, -0.2) is 60.8 Å². The molecular formula is C24H26ClF3N4O4S. The molecule has 1 saturated carbocycles. The summed E-state index contributed by atoms with van der Waals surface area (Å²) in [7, 11) is -4.45. The van der Waals surface area contributed by atoms with Crippen molar-refractivity contribution in [1.29, 1.82) is 0 Å². The second-order valence-electron chi connectivity index (χ2n) is 9.20. The van der Waals surface area contributed by atoms with Crippen LogP contribution < -0.4 is 11.1 Å². The van der Waals surface area contributed by atoms with Crippen LogP contribution >= 0.6 is 11.6 Å². The molecule has 0 bridgehead atoms. The first-order chi connectivity index (χ1) is 17.5. The summed E-state index contributed by atoms with van der Waals surface area (Å²) in [6.07, 6.45) is 0.955. The molecule has 37 heavy (non-hydrogen) atoms. The third-order valence-corrected chi connectivity index (χ3v) is 8.71. The van der Waals surface area contributed by atoms with Crippen molar-refractivity contribution in [2.24, 2.45) is 5.73 Å². The molecule has 1 unspecified atom stereocenters. The van der Waals surface area contributed by atoms with E-state index in [9.17, 15) is 31.2 Å². The lowest BCUT2D eigenvalue weighted by atomic mass is 9.92. The Bertz CT molecular complexity index is 1280. The first-order valence-electron chi connectivity index (χ1n) is 11.8. The van der Waals surface area contributed by atoms with Gasteiger partial charge in [-0.2, -0.15) is 4.31 Å². The molecule has 8 nitrogen and oxygen atoms in total. The second-order valence-corrected chi connectivity index (χ2v) is 11.5. The number of rotatable bonds is 5. The molecule has 2 aromatic rings. The van der Waals surface area contributed by atoms with E-state index in [0.717, 1.165) is 39.5 Å². The van der Waals surface area contributed by atoms with Crippen LogP contribution in [0.5, 0.6) is 0 Å². The van der Waals surface area contributed by atoms with Crippen LogP contribution in [0.3, 0.4) is 0 Å². The summed E-state index contributed by atoms with van der Waals surface area (Å²) in [6.45, 7) is -0.174. The zero-order chi connectivity index (χ0) is 26.9. The fourth-order valence-electron chi connectivity index (χ4n) is 4.69. The fraction of sp³-hybridized carbons (Fsp3) is 0.417. The Morgan fingerprint density at radius 2 is 1.62 bits per heavy atom. The molecule has 1 saturated heterocycles. The highest BCUT2D eigenvalue weighted by Gasteiger charge is 2.45. The number of benzene rings is 2. The monoisotopic (exact) mass is 558 g/mol. The molecule has 4 rings (SSSR count). The predicted molar refractivity (Wildman–Crippen MR) is 129 cm³/mol. The van der Waals surface area contributed by atoms with Crippen molar-refractivity contribution in [1.82, 2.24) is 14.5 Å². The lowest BCUT2D eigenvalue weighted by Crippen LogP contribution is -2.64. The number of nitrogens with one attached hydrogen (secondary N) is 1. The minimum atomic E-state index is -4.45. The van der Waals surface area contributed by atoms with Crippen molar-refractivity contribution < 1.29 is 31.2 Å². The van der Waals surface area contributed by atoms with Gasteiger partial charge in [-0.1, -0.05) is 11.6 Å². The van der Waals surface area contributed by atoms with Gasteiger partial charge in [0.25, 0.3) is 11.8 Å². The number of nitrogens with zero attached hydrogens (tertiary/aromatic N) is 2. The molecular weight excluding hydrogens is 533 g/mol. The molecule has 2 amide bonds. The molecule has 2 aliphatic rings. The summed E-state index contributed by atoms with van der Waals surface area (Å²) in [4.78, 5) is 27.5. The fourth-order valence-corrected chi connectivity index (χ4v) is 6.55. The van der Waals surface area contributed by atoms with E-state index >= 15 is 0 Å². The number of hydrogen-bond donors (Lipinski definition) is 2. The minimum Gasteiger partial charge on any atom is -0.350 e. The molecule has 3 N–H and O–H groups in total. The van der Waals surface area contributed by atoms with Crippen molar-refractivity contribution in [3.05, 3.63) is 64.4 Å². The van der Waals surface area contributed by atoms with Crippen LogP contribution in [0.4, 0.5) is 13.2 Å². The number of hydrogen-bond acceptors (Lipinski definition) is 5. The van der Waals surface area contributed by atoms with Crippen molar-refractivity contribution in [2.45, 2.75) is 55.2 Å². The lowest BCUT2D eigenvalue weighted by Gasteiger charge is -2.42. The molecule has 2 aromatic carbocycles. The predicted octanol–water partition coefficient (Wildman–Crippen LogP) is 3.01. The van der Waals surface area contributed by atoms with E-state index in [1.165, 1.54) is 0 Å². The highest BCUT2D eigenvalue weighted by atomic mass is 35.5. The number of halogens is 4. The van der Waals surface area contributed by atoms with Gasteiger partial charge in [0.2, 0.25) is 10.0 Å². The average molecular weight is 559 g/mol. The van der Waals surface area contributed by atoms with Gasteiger partial charge in [0.15, 0.2) is 6.17 Å². The lowest BCUT2D eigenvalue weighted by molar-refractivity contribution is -0.132. The molecule has 200 valence electrons. The molecule has 1 aliphatic carbocycles. The summed E-state index contributed by atoms with van der Waals surface area (Å²) in [6, 6.07) is 4.76. The molecule has 0 aromatic heterocycles. The van der Waals surface area contributed by atoms with Gasteiger partial charge < -0.3 is 16.0 Å². The number of nitrogens with two attached hydrogens (primary N) is 1. The van der Waals surface area contributed by atoms with E-state index < -0.39 is 50.5 Å². The molecule has 1 atom stereocenters. The van der Waals surface area contributed by atoms with E-state index in [4.69, 9.17) is 17.3 Å². The Hall–Kier alpha value is -2.67. The van der Waals surface area contributed by atoms with E-state index in [2.05, 4.69) is 5.32 Å². The highest BCUT2D eigenvalue weighted by molar-refractivity contribution is 7.89. The number of amides is 2. The molecule has 2 fully saturated rings. The zero-order valence-corrected chi connectivity index (χ0v) is 21.2. The molecule has 13 heteroatoms. The molecule has 0 spiro atoms. The van der Waals surface area contributed by atoms with Crippen LogP contribution in [0.1, 0.15) is 42.5 Å². The van der Waals surface area contributed by atoms with Crippen LogP contribution in [0, 0.1) is 17.5 Å². The SMILES string of the molecule is NC1CCC(NC(=O)C2N(C(=O)c3cc(F)cc(F)c3)CCCN2S(=O)(=O)c2ccc(F)c(Cl)c2)CC1. The van der Waals surface area contributed by atoms with Gasteiger partial charge in [-0.05, 0) is 62.4 Å². The van der Waals surface area contributed by atoms with Crippen molar-refractivity contribution in [2.75, 3.05) is 13.1 Å². The first-order valence-corrected chi connectivity index (χ1v) is 13.6. The van der Waals surface area contributed by atoms with Crippen LogP contribution in [0.2, 0.25) is 5.02 Å². The van der Waals surface area contributed by atoms with Gasteiger partial charge >= 0.3 is 0 Å². The number of carbonyl (C=O) groups is 2. The topological polar surface area (TPSA) is 113 Å². The van der Waals surface area contributed by atoms with E-state index in [1.807, 2.05) is 0 Å². The molecule has 0 radical (unpaired) electrons. The van der Waals surface area contributed by atoms with Gasteiger partial charge in [-0.3, -0.25) is 9.59 Å². The Labute approximate surface area is 217 Å². The molecule has 1 heterocycles. The first kappa shape index (κ1) is 27.4. The summed E-state index contributed by atoms with van der Waals surface area (Å²) in [5, 5.41) is 2.38. The number of sulfonamides is 1. The van der Waals surface area contributed by atoms with E-state index in [-0.39, 0.29) is 42.1 Å². The Balaban J connectivity index is 1.72. The van der Waals surface area contributed by atoms with Gasteiger partial charge in [0.05, 0.1) is 9.92 Å². The third kappa shape index (κ3) is 5.92. The highest BCUT2D eigenvalue weighted by Crippen LogP contribution is 2.29. The second kappa shape index (κ2) is 11.0. The van der Waals surface area contributed by atoms with E-state index in [0.29, 0.717) is 31.7 Å². The molecule has 1 aliphatic heterocycles.